The zero-order valence-corrected chi connectivity index (χ0v) is 38.2. The van der Waals surface area contributed by atoms with E-state index < -0.39 is 0 Å². The third-order valence-corrected chi connectivity index (χ3v) is 15.2. The van der Waals surface area contributed by atoms with Gasteiger partial charge in [-0.25, -0.2) is 0 Å². The summed E-state index contributed by atoms with van der Waals surface area (Å²) in [6.07, 6.45) is 0. The van der Waals surface area contributed by atoms with Crippen LogP contribution in [0.15, 0.2) is 244 Å². The summed E-state index contributed by atoms with van der Waals surface area (Å²) in [4.78, 5) is 0. The first-order chi connectivity index (χ1) is 35.3. The summed E-state index contributed by atoms with van der Waals surface area (Å²) in [5.74, 6) is 0. The zero-order chi connectivity index (χ0) is 46.3. The maximum atomic E-state index is 7.23. The summed E-state index contributed by atoms with van der Waals surface area (Å²) in [5, 5.41) is 18.1. The average Bonchev–Trinajstić information content (AvgIpc) is 4.14. The second-order valence-electron chi connectivity index (χ2n) is 18.9. The molecule has 3 heterocycles. The molecule has 0 amide bonds. The van der Waals surface area contributed by atoms with Gasteiger partial charge in [-0.2, -0.15) is 0 Å². The van der Waals surface area contributed by atoms with Crippen molar-refractivity contribution >= 4 is 120 Å². The maximum absolute atomic E-state index is 7.23. The average molecular weight is 903 g/mol. The molecule has 0 aliphatic rings. The van der Waals surface area contributed by atoms with Crippen LogP contribution in [0.3, 0.4) is 0 Å². The Labute approximate surface area is 406 Å². The monoisotopic (exact) mass is 902 g/mol. The lowest BCUT2D eigenvalue weighted by atomic mass is 9.82. The summed E-state index contributed by atoms with van der Waals surface area (Å²) in [6.45, 7) is 0. The number of benzene rings is 13. The fourth-order valence-electron chi connectivity index (χ4n) is 12.4. The Morgan fingerprint density at radius 1 is 0.211 bits per heavy atom. The molecule has 0 N–H and O–H groups in total. The highest BCUT2D eigenvalue weighted by atomic mass is 16.3. The molecule has 3 nitrogen and oxygen atoms in total. The zero-order valence-electron chi connectivity index (χ0n) is 38.2. The van der Waals surface area contributed by atoms with Crippen molar-refractivity contribution < 1.29 is 13.3 Å². The molecule has 71 heavy (non-hydrogen) atoms. The van der Waals surface area contributed by atoms with E-state index in [1.165, 1.54) is 38.2 Å². The van der Waals surface area contributed by atoms with Gasteiger partial charge < -0.3 is 13.3 Å². The number of hydrogen-bond donors (Lipinski definition) is 0. The number of hydrogen-bond acceptors (Lipinski definition) is 3. The SMILES string of the molecule is c1ccc(-c2c3ccccc3c(-c3cc4cc(-c5c6ccccc6c(-c6cccc7oc8ccccc8c67)c6ccccc56)c5oc6ccccc6c5c4c4c3oc3ccccc34)c3ccccc23)cc1. The minimum Gasteiger partial charge on any atom is -0.456 e. The molecule has 0 saturated carbocycles. The molecule has 3 aromatic heterocycles. The lowest BCUT2D eigenvalue weighted by Crippen LogP contribution is -1.93. The van der Waals surface area contributed by atoms with E-state index in [1.54, 1.807) is 0 Å². The standard InChI is InChI=1S/C68H38O3/c1-2-19-39(20-3-1)59-41-21-4-6-23-43(41)62(44-24-7-5-22-42(44)59)53-37-40-38-54(68-66(51-31-14-17-35-57(51)71-68)60(40)65-50-30-13-16-34-56(50)70-67(53)65)63-47-27-10-8-25-45(47)61(46-26-9-11-28-48(46)63)52-32-18-36-58-64(52)49-29-12-15-33-55(49)69-58/h1-38H. The second kappa shape index (κ2) is 14.5. The van der Waals surface area contributed by atoms with Gasteiger partial charge >= 0.3 is 0 Å². The van der Waals surface area contributed by atoms with E-state index >= 15 is 0 Å². The van der Waals surface area contributed by atoms with Crippen LogP contribution in [-0.4, -0.2) is 0 Å². The highest BCUT2D eigenvalue weighted by molar-refractivity contribution is 6.37. The fraction of sp³-hybridized carbons (Fsp3) is 0. The van der Waals surface area contributed by atoms with Gasteiger partial charge in [0.2, 0.25) is 0 Å². The van der Waals surface area contributed by atoms with Gasteiger partial charge in [0, 0.05) is 60.0 Å². The molecule has 16 rings (SSSR count). The van der Waals surface area contributed by atoms with Crippen LogP contribution in [0.5, 0.6) is 0 Å². The van der Waals surface area contributed by atoms with E-state index in [9.17, 15) is 0 Å². The van der Waals surface area contributed by atoms with Gasteiger partial charge in [-0.15, -0.1) is 0 Å². The molecule has 13 aromatic carbocycles. The largest absolute Gasteiger partial charge is 0.456 e. The molecule has 0 radical (unpaired) electrons. The summed E-state index contributed by atoms with van der Waals surface area (Å²) in [6, 6.07) is 83.1. The molecule has 0 unspecified atom stereocenters. The van der Waals surface area contributed by atoms with Crippen LogP contribution < -0.4 is 0 Å². The minimum atomic E-state index is 0.846. The first-order valence-electron chi connectivity index (χ1n) is 24.3. The van der Waals surface area contributed by atoms with Crippen LogP contribution in [0.4, 0.5) is 0 Å². The quantitative estimate of drug-likeness (QED) is 0.165. The van der Waals surface area contributed by atoms with Gasteiger partial charge in [0.15, 0.2) is 0 Å². The van der Waals surface area contributed by atoms with Gasteiger partial charge in [-0.1, -0.05) is 194 Å². The molecule has 0 fully saturated rings. The van der Waals surface area contributed by atoms with E-state index in [1.807, 2.05) is 6.07 Å². The molecule has 0 spiro atoms. The molecule has 0 atom stereocenters. The molecule has 3 heteroatoms. The van der Waals surface area contributed by atoms with Crippen molar-refractivity contribution in [3.05, 3.63) is 231 Å². The molecule has 0 saturated heterocycles. The predicted octanol–water partition coefficient (Wildman–Crippen LogP) is 19.8. The van der Waals surface area contributed by atoms with E-state index in [0.717, 1.165) is 126 Å². The van der Waals surface area contributed by atoms with Gasteiger partial charge in [-0.05, 0) is 107 Å². The smallest absolute Gasteiger partial charge is 0.143 e. The van der Waals surface area contributed by atoms with Gasteiger partial charge in [-0.3, -0.25) is 0 Å². The van der Waals surface area contributed by atoms with Crippen molar-refractivity contribution in [2.75, 3.05) is 0 Å². The number of furan rings is 3. The summed E-state index contributed by atoms with van der Waals surface area (Å²) in [7, 11) is 0. The van der Waals surface area contributed by atoms with E-state index in [-0.39, 0.29) is 0 Å². The van der Waals surface area contributed by atoms with E-state index in [0.29, 0.717) is 0 Å². The summed E-state index contributed by atoms with van der Waals surface area (Å²) < 4.78 is 20.9. The topological polar surface area (TPSA) is 39.4 Å². The molecule has 0 aliphatic carbocycles. The molecular formula is C68H38O3. The maximum Gasteiger partial charge on any atom is 0.143 e. The Bertz CT molecular complexity index is 4820. The van der Waals surface area contributed by atoms with Crippen LogP contribution in [-0.2, 0) is 0 Å². The van der Waals surface area contributed by atoms with Crippen LogP contribution in [0.2, 0.25) is 0 Å². The van der Waals surface area contributed by atoms with Crippen molar-refractivity contribution in [3.8, 4) is 44.5 Å². The molecular weight excluding hydrogens is 865 g/mol. The lowest BCUT2D eigenvalue weighted by Gasteiger charge is -2.20. The lowest BCUT2D eigenvalue weighted by molar-refractivity contribution is 0.669. The van der Waals surface area contributed by atoms with Crippen molar-refractivity contribution in [3.63, 3.8) is 0 Å². The summed E-state index contributed by atoms with van der Waals surface area (Å²) >= 11 is 0. The first kappa shape index (κ1) is 38.5. The Balaban J connectivity index is 1.09. The molecule has 328 valence electrons. The Morgan fingerprint density at radius 2 is 0.549 bits per heavy atom. The Morgan fingerprint density at radius 3 is 1.00 bits per heavy atom. The second-order valence-corrected chi connectivity index (χ2v) is 18.9. The fourth-order valence-corrected chi connectivity index (χ4v) is 12.4. The Kier molecular flexibility index (Phi) is 7.89. The van der Waals surface area contributed by atoms with Gasteiger partial charge in [0.25, 0.3) is 0 Å². The number of para-hydroxylation sites is 3. The highest BCUT2D eigenvalue weighted by Crippen LogP contribution is 2.54. The minimum absolute atomic E-state index is 0.846. The van der Waals surface area contributed by atoms with Crippen molar-refractivity contribution in [1.82, 2.24) is 0 Å². The van der Waals surface area contributed by atoms with E-state index in [4.69, 9.17) is 13.3 Å². The predicted molar refractivity (Wildman–Crippen MR) is 298 cm³/mol. The van der Waals surface area contributed by atoms with E-state index in [2.05, 4.69) is 224 Å². The third-order valence-electron chi connectivity index (χ3n) is 15.2. The molecule has 0 aliphatic heterocycles. The van der Waals surface area contributed by atoms with Crippen molar-refractivity contribution in [2.45, 2.75) is 0 Å². The first-order valence-corrected chi connectivity index (χ1v) is 24.3. The number of fused-ring (bicyclic) bond motifs is 16. The van der Waals surface area contributed by atoms with Crippen LogP contribution >= 0.6 is 0 Å². The van der Waals surface area contributed by atoms with Crippen LogP contribution in [0, 0.1) is 0 Å². The van der Waals surface area contributed by atoms with Crippen LogP contribution in [0.1, 0.15) is 0 Å². The Hall–Kier alpha value is -9.44. The van der Waals surface area contributed by atoms with Crippen molar-refractivity contribution in [1.29, 1.82) is 0 Å². The highest BCUT2D eigenvalue weighted by Gasteiger charge is 2.28. The number of rotatable bonds is 4. The van der Waals surface area contributed by atoms with Crippen molar-refractivity contribution in [2.24, 2.45) is 0 Å². The van der Waals surface area contributed by atoms with Crippen LogP contribution in [0.25, 0.3) is 164 Å². The molecule has 0 bridgehead atoms. The third kappa shape index (κ3) is 5.32. The van der Waals surface area contributed by atoms with Gasteiger partial charge in [0.1, 0.15) is 33.5 Å². The molecule has 16 aromatic rings. The van der Waals surface area contributed by atoms with Gasteiger partial charge in [0.05, 0.1) is 0 Å². The summed E-state index contributed by atoms with van der Waals surface area (Å²) in [5.41, 5.74) is 14.3. The normalized spacial score (nSPS) is 12.2.